The van der Waals surface area contributed by atoms with Gasteiger partial charge >= 0.3 is 0 Å². The molecule has 2 aromatic rings. The normalized spacial score (nSPS) is 12.8. The van der Waals surface area contributed by atoms with Crippen LogP contribution in [-0.2, 0) is 6.54 Å². The largest absolute Gasteiger partial charge is 0.309 e. The lowest BCUT2D eigenvalue weighted by Gasteiger charge is -2.15. The second-order valence-electron chi connectivity index (χ2n) is 4.95. The van der Waals surface area contributed by atoms with Gasteiger partial charge in [0.15, 0.2) is 0 Å². The van der Waals surface area contributed by atoms with Crippen LogP contribution in [0.4, 0.5) is 0 Å². The molecule has 0 aliphatic heterocycles. The van der Waals surface area contributed by atoms with Gasteiger partial charge in [-0.05, 0) is 31.0 Å². The van der Waals surface area contributed by atoms with Gasteiger partial charge in [-0.3, -0.25) is 4.79 Å². The van der Waals surface area contributed by atoms with Gasteiger partial charge in [0, 0.05) is 11.1 Å². The molecule has 0 aliphatic carbocycles. The van der Waals surface area contributed by atoms with Gasteiger partial charge in [0.25, 0.3) is 5.56 Å². The molecule has 5 heteroatoms. The molecule has 108 valence electrons. The molecule has 20 heavy (non-hydrogen) atoms. The summed E-state index contributed by atoms with van der Waals surface area (Å²) in [6.07, 6.45) is 3.33. The minimum absolute atomic E-state index is 0.119. The van der Waals surface area contributed by atoms with E-state index in [1.165, 1.54) is 0 Å². The summed E-state index contributed by atoms with van der Waals surface area (Å²) in [7, 11) is 0. The van der Waals surface area contributed by atoms with Crippen LogP contribution >= 0.6 is 11.6 Å². The Balaban J connectivity index is 2.20. The Morgan fingerprint density at radius 1 is 1.40 bits per heavy atom. The zero-order valence-corrected chi connectivity index (χ0v) is 12.6. The molecule has 1 aromatic heterocycles. The number of hydrogen-bond donors (Lipinski definition) is 2. The van der Waals surface area contributed by atoms with Crippen molar-refractivity contribution in [3.63, 3.8) is 0 Å². The number of aromatic amines is 1. The molecule has 0 aliphatic rings. The number of benzene rings is 1. The highest BCUT2D eigenvalue weighted by Crippen LogP contribution is 2.14. The molecule has 0 spiro atoms. The minimum atomic E-state index is -0.119. The smallest absolute Gasteiger partial charge is 0.258 e. The van der Waals surface area contributed by atoms with Crippen molar-refractivity contribution in [1.29, 1.82) is 0 Å². The lowest BCUT2D eigenvalue weighted by atomic mass is 10.1. The zero-order valence-electron chi connectivity index (χ0n) is 11.9. The van der Waals surface area contributed by atoms with Crippen LogP contribution in [0.5, 0.6) is 0 Å². The fourth-order valence-electron chi connectivity index (χ4n) is 2.28. The summed E-state index contributed by atoms with van der Waals surface area (Å²) in [5, 5.41) is 4.59. The lowest BCUT2D eigenvalue weighted by Crippen LogP contribution is -2.29. The van der Waals surface area contributed by atoms with Crippen molar-refractivity contribution >= 4 is 22.5 Å². The number of aromatic nitrogens is 2. The van der Waals surface area contributed by atoms with Crippen molar-refractivity contribution in [1.82, 2.24) is 15.3 Å². The number of fused-ring (bicyclic) bond motifs is 1. The number of H-pyrrole nitrogens is 1. The first-order valence-corrected chi connectivity index (χ1v) is 7.43. The molecule has 0 saturated heterocycles. The van der Waals surface area contributed by atoms with Gasteiger partial charge in [-0.1, -0.05) is 31.9 Å². The van der Waals surface area contributed by atoms with Crippen molar-refractivity contribution in [3.8, 4) is 0 Å². The van der Waals surface area contributed by atoms with E-state index in [-0.39, 0.29) is 5.56 Å². The second kappa shape index (κ2) is 6.86. The van der Waals surface area contributed by atoms with E-state index in [4.69, 9.17) is 11.6 Å². The van der Waals surface area contributed by atoms with Gasteiger partial charge in [-0.2, -0.15) is 0 Å². The summed E-state index contributed by atoms with van der Waals surface area (Å²) in [4.78, 5) is 19.3. The first kappa shape index (κ1) is 15.0. The molecular weight excluding hydrogens is 274 g/mol. The molecule has 2 N–H and O–H groups in total. The van der Waals surface area contributed by atoms with Crippen LogP contribution in [0, 0.1) is 0 Å². The summed E-state index contributed by atoms with van der Waals surface area (Å²) >= 11 is 5.95. The highest BCUT2D eigenvalue weighted by atomic mass is 35.5. The number of halogens is 1. The molecule has 1 heterocycles. The summed E-state index contributed by atoms with van der Waals surface area (Å²) < 4.78 is 0. The van der Waals surface area contributed by atoms with E-state index in [9.17, 15) is 4.79 Å². The number of rotatable bonds is 6. The molecule has 0 saturated carbocycles. The van der Waals surface area contributed by atoms with Crippen molar-refractivity contribution < 1.29 is 0 Å². The van der Waals surface area contributed by atoms with Crippen LogP contribution in [0.15, 0.2) is 23.0 Å². The maximum absolute atomic E-state index is 12.0. The maximum Gasteiger partial charge on any atom is 0.258 e. The summed E-state index contributed by atoms with van der Waals surface area (Å²) in [5.41, 5.74) is 0.522. The van der Waals surface area contributed by atoms with E-state index in [0.29, 0.717) is 34.3 Å². The molecule has 2 rings (SSSR count). The number of nitrogens with zero attached hydrogens (tertiary/aromatic N) is 1. The van der Waals surface area contributed by atoms with Crippen LogP contribution in [-0.4, -0.2) is 16.0 Å². The molecule has 1 atom stereocenters. The second-order valence-corrected chi connectivity index (χ2v) is 5.39. The topological polar surface area (TPSA) is 57.8 Å². The fraction of sp³-hybridized carbons (Fsp3) is 0.467. The van der Waals surface area contributed by atoms with Crippen molar-refractivity contribution in [2.45, 2.75) is 45.7 Å². The van der Waals surface area contributed by atoms with E-state index in [1.807, 2.05) is 0 Å². The van der Waals surface area contributed by atoms with E-state index >= 15 is 0 Å². The highest BCUT2D eigenvalue weighted by Gasteiger charge is 2.07. The van der Waals surface area contributed by atoms with Gasteiger partial charge in [0.05, 0.1) is 17.4 Å². The van der Waals surface area contributed by atoms with Gasteiger partial charge in [-0.25, -0.2) is 4.98 Å². The quantitative estimate of drug-likeness (QED) is 0.859. The third-order valence-corrected chi connectivity index (χ3v) is 3.64. The molecule has 4 nitrogen and oxygen atoms in total. The Morgan fingerprint density at radius 2 is 2.20 bits per heavy atom. The Kier molecular flexibility index (Phi) is 5.15. The predicted octanol–water partition coefficient (Wildman–Crippen LogP) is 3.24. The maximum atomic E-state index is 12.0. The Labute approximate surface area is 123 Å². The first-order valence-electron chi connectivity index (χ1n) is 7.05. The lowest BCUT2D eigenvalue weighted by molar-refractivity contribution is 0.456. The summed E-state index contributed by atoms with van der Waals surface area (Å²) in [6, 6.07) is 5.58. The van der Waals surface area contributed by atoms with Crippen LogP contribution < -0.4 is 10.9 Å². The van der Waals surface area contributed by atoms with Gasteiger partial charge in [0.1, 0.15) is 5.82 Å². The van der Waals surface area contributed by atoms with Crippen LogP contribution in [0.2, 0.25) is 5.02 Å². The average Bonchev–Trinajstić information content (AvgIpc) is 2.43. The number of nitrogens with one attached hydrogen (secondary N) is 2. The van der Waals surface area contributed by atoms with Crippen LogP contribution in [0.1, 0.15) is 38.9 Å². The van der Waals surface area contributed by atoms with Crippen molar-refractivity contribution in [2.75, 3.05) is 0 Å². The molecule has 0 amide bonds. The summed E-state index contributed by atoms with van der Waals surface area (Å²) in [5.74, 6) is 0.652. The van der Waals surface area contributed by atoms with Crippen molar-refractivity contribution in [3.05, 3.63) is 39.4 Å². The molecule has 0 radical (unpaired) electrons. The van der Waals surface area contributed by atoms with Gasteiger partial charge < -0.3 is 10.3 Å². The third kappa shape index (κ3) is 3.58. The Morgan fingerprint density at radius 3 is 2.90 bits per heavy atom. The fourth-order valence-corrected chi connectivity index (χ4v) is 2.45. The Bertz CT molecular complexity index is 639. The molecule has 0 bridgehead atoms. The molecule has 1 unspecified atom stereocenters. The monoisotopic (exact) mass is 293 g/mol. The predicted molar refractivity (Wildman–Crippen MR) is 83.2 cm³/mol. The van der Waals surface area contributed by atoms with E-state index < -0.39 is 0 Å². The van der Waals surface area contributed by atoms with Crippen molar-refractivity contribution in [2.24, 2.45) is 0 Å². The Hall–Kier alpha value is -1.39. The SMILES string of the molecule is CCCC(CC)NCc1nc2cc(Cl)ccc2c(=O)[nH]1. The highest BCUT2D eigenvalue weighted by molar-refractivity contribution is 6.31. The van der Waals surface area contributed by atoms with E-state index in [0.717, 1.165) is 19.3 Å². The minimum Gasteiger partial charge on any atom is -0.309 e. The average molecular weight is 294 g/mol. The first-order chi connectivity index (χ1) is 9.63. The van der Waals surface area contributed by atoms with E-state index in [1.54, 1.807) is 18.2 Å². The standard InChI is InChI=1S/C15H20ClN3O/c1-3-5-11(4-2)17-9-14-18-13-8-10(16)6-7-12(13)15(20)19-14/h6-8,11,17H,3-5,9H2,1-2H3,(H,18,19,20). The van der Waals surface area contributed by atoms with Crippen LogP contribution in [0.25, 0.3) is 10.9 Å². The van der Waals surface area contributed by atoms with Gasteiger partial charge in [-0.15, -0.1) is 0 Å². The number of hydrogen-bond acceptors (Lipinski definition) is 3. The zero-order chi connectivity index (χ0) is 14.5. The van der Waals surface area contributed by atoms with Gasteiger partial charge in [0.2, 0.25) is 0 Å². The van der Waals surface area contributed by atoms with E-state index in [2.05, 4.69) is 29.1 Å². The van der Waals surface area contributed by atoms with Crippen LogP contribution in [0.3, 0.4) is 0 Å². The third-order valence-electron chi connectivity index (χ3n) is 3.41. The molecular formula is C15H20ClN3O. The molecule has 0 fully saturated rings. The molecule has 1 aromatic carbocycles. The summed E-state index contributed by atoms with van der Waals surface area (Å²) in [6.45, 7) is 4.89.